The summed E-state index contributed by atoms with van der Waals surface area (Å²) in [5.74, 6) is -4.51. The van der Waals surface area contributed by atoms with Crippen LogP contribution in [0.3, 0.4) is 0 Å². The van der Waals surface area contributed by atoms with Gasteiger partial charge in [-0.1, -0.05) is 18.0 Å². The number of esters is 1. The van der Waals surface area contributed by atoms with E-state index in [1.54, 1.807) is 0 Å². The van der Waals surface area contributed by atoms with Gasteiger partial charge >= 0.3 is 5.97 Å². The lowest BCUT2D eigenvalue weighted by atomic mass is 9.98. The third-order valence-corrected chi connectivity index (χ3v) is 5.19. The molecular weight excluding hydrogens is 434 g/mol. The second kappa shape index (κ2) is 9.86. The number of primary amides is 1. The summed E-state index contributed by atoms with van der Waals surface area (Å²) in [4.78, 5) is 36.2. The SMILES string of the molecule is NC(=O)CCn1nc(C(=O)OC2CCCCC2)cc1NC(=O)c1cc(F)c(F)cc1Cl. The third-order valence-electron chi connectivity index (χ3n) is 4.88. The van der Waals surface area contributed by atoms with E-state index in [0.717, 1.165) is 32.1 Å². The van der Waals surface area contributed by atoms with Crippen molar-refractivity contribution in [2.24, 2.45) is 5.73 Å². The van der Waals surface area contributed by atoms with Gasteiger partial charge in [-0.2, -0.15) is 5.10 Å². The number of carbonyl (C=O) groups excluding carboxylic acids is 3. The molecule has 8 nitrogen and oxygen atoms in total. The highest BCUT2D eigenvalue weighted by molar-refractivity contribution is 6.34. The molecule has 2 amide bonds. The minimum absolute atomic E-state index is 0.0207. The summed E-state index contributed by atoms with van der Waals surface area (Å²) in [7, 11) is 0. The van der Waals surface area contributed by atoms with Gasteiger partial charge in [-0.05, 0) is 37.8 Å². The molecule has 0 unspecified atom stereocenters. The normalized spacial score (nSPS) is 14.3. The molecule has 31 heavy (non-hydrogen) atoms. The van der Waals surface area contributed by atoms with Gasteiger partial charge < -0.3 is 15.8 Å². The summed E-state index contributed by atoms with van der Waals surface area (Å²) in [6.45, 7) is -0.0207. The number of ether oxygens (including phenoxy) is 1. The fourth-order valence-corrected chi connectivity index (χ4v) is 3.51. The molecule has 0 radical (unpaired) electrons. The Bertz CT molecular complexity index is 1010. The molecule has 3 N–H and O–H groups in total. The highest BCUT2D eigenvalue weighted by Gasteiger charge is 2.23. The van der Waals surface area contributed by atoms with Crippen molar-refractivity contribution in [2.45, 2.75) is 51.2 Å². The van der Waals surface area contributed by atoms with Crippen LogP contribution in [0.5, 0.6) is 0 Å². The Labute approximate surface area is 181 Å². The van der Waals surface area contributed by atoms with Gasteiger partial charge in [-0.15, -0.1) is 0 Å². The lowest BCUT2D eigenvalue weighted by Gasteiger charge is -2.21. The minimum atomic E-state index is -1.24. The van der Waals surface area contributed by atoms with Crippen LogP contribution in [-0.4, -0.2) is 33.7 Å². The summed E-state index contributed by atoms with van der Waals surface area (Å²) in [6.07, 6.45) is 4.28. The molecule has 1 aromatic carbocycles. The summed E-state index contributed by atoms with van der Waals surface area (Å²) in [6, 6.07) is 2.62. The number of amides is 2. The number of aromatic nitrogens is 2. The van der Waals surface area contributed by atoms with Crippen LogP contribution in [0.4, 0.5) is 14.6 Å². The van der Waals surface area contributed by atoms with Crippen LogP contribution in [-0.2, 0) is 16.1 Å². The standard InChI is InChI=1S/C20H21ClF2N4O4/c21-13-9-15(23)14(22)8-12(13)19(29)25-18-10-16(26-27(18)7-6-17(24)28)20(30)31-11-4-2-1-3-5-11/h8-11H,1-7H2,(H2,24,28)(H,25,29). The molecule has 2 aromatic rings. The molecule has 0 spiro atoms. The second-order valence-electron chi connectivity index (χ2n) is 7.22. The first kappa shape index (κ1) is 22.7. The summed E-state index contributed by atoms with van der Waals surface area (Å²) >= 11 is 5.84. The number of rotatable bonds is 7. The minimum Gasteiger partial charge on any atom is -0.458 e. The number of benzene rings is 1. The van der Waals surface area contributed by atoms with E-state index in [4.69, 9.17) is 22.1 Å². The van der Waals surface area contributed by atoms with Crippen molar-refractivity contribution in [3.8, 4) is 0 Å². The van der Waals surface area contributed by atoms with Gasteiger partial charge in [0.15, 0.2) is 17.3 Å². The van der Waals surface area contributed by atoms with Crippen LogP contribution >= 0.6 is 11.6 Å². The van der Waals surface area contributed by atoms with E-state index in [1.165, 1.54) is 10.7 Å². The van der Waals surface area contributed by atoms with Gasteiger partial charge in [0.1, 0.15) is 11.9 Å². The number of carbonyl (C=O) groups is 3. The van der Waals surface area contributed by atoms with Crippen molar-refractivity contribution in [1.82, 2.24) is 9.78 Å². The van der Waals surface area contributed by atoms with E-state index in [0.29, 0.717) is 12.1 Å². The maximum absolute atomic E-state index is 13.5. The highest BCUT2D eigenvalue weighted by Crippen LogP contribution is 2.24. The van der Waals surface area contributed by atoms with Crippen molar-refractivity contribution in [3.63, 3.8) is 0 Å². The highest BCUT2D eigenvalue weighted by atomic mass is 35.5. The molecule has 0 aliphatic heterocycles. The molecule has 1 aromatic heterocycles. The van der Waals surface area contributed by atoms with Gasteiger partial charge in [0, 0.05) is 12.5 Å². The Balaban J connectivity index is 1.81. The number of nitrogens with zero attached hydrogens (tertiary/aromatic N) is 2. The molecule has 1 saturated carbocycles. The van der Waals surface area contributed by atoms with Crippen LogP contribution < -0.4 is 11.1 Å². The van der Waals surface area contributed by atoms with Gasteiger partial charge in [0.05, 0.1) is 17.1 Å². The van der Waals surface area contributed by atoms with Crippen LogP contribution in [0.15, 0.2) is 18.2 Å². The molecule has 3 rings (SSSR count). The first-order valence-corrected chi connectivity index (χ1v) is 10.2. The number of hydrogen-bond acceptors (Lipinski definition) is 5. The number of nitrogens with one attached hydrogen (secondary N) is 1. The smallest absolute Gasteiger partial charge is 0.359 e. The average molecular weight is 455 g/mol. The Morgan fingerprint density at radius 2 is 1.84 bits per heavy atom. The van der Waals surface area contributed by atoms with Crippen LogP contribution in [0, 0.1) is 11.6 Å². The van der Waals surface area contributed by atoms with E-state index in [-0.39, 0.29) is 41.2 Å². The Hall–Kier alpha value is -3.01. The predicted octanol–water partition coefficient (Wildman–Crippen LogP) is 3.43. The van der Waals surface area contributed by atoms with E-state index in [1.807, 2.05) is 0 Å². The first-order valence-electron chi connectivity index (χ1n) is 9.77. The molecule has 166 valence electrons. The third kappa shape index (κ3) is 5.78. The zero-order valence-electron chi connectivity index (χ0n) is 16.5. The maximum Gasteiger partial charge on any atom is 0.359 e. The molecule has 1 fully saturated rings. The number of anilines is 1. The van der Waals surface area contributed by atoms with Gasteiger partial charge in [0.25, 0.3) is 5.91 Å². The molecular formula is C20H21ClF2N4O4. The first-order chi connectivity index (χ1) is 14.7. The van der Waals surface area contributed by atoms with Crippen molar-refractivity contribution < 1.29 is 27.9 Å². The molecule has 11 heteroatoms. The largest absolute Gasteiger partial charge is 0.458 e. The fourth-order valence-electron chi connectivity index (χ4n) is 3.28. The second-order valence-corrected chi connectivity index (χ2v) is 7.63. The molecule has 1 aliphatic rings. The van der Waals surface area contributed by atoms with Crippen LogP contribution in [0.1, 0.15) is 59.4 Å². The monoisotopic (exact) mass is 454 g/mol. The van der Waals surface area contributed by atoms with E-state index < -0.39 is 29.4 Å². The van der Waals surface area contributed by atoms with Crippen molar-refractivity contribution in [3.05, 3.63) is 46.1 Å². The molecule has 0 bridgehead atoms. The lowest BCUT2D eigenvalue weighted by Crippen LogP contribution is -2.21. The van der Waals surface area contributed by atoms with E-state index in [2.05, 4.69) is 10.4 Å². The lowest BCUT2D eigenvalue weighted by molar-refractivity contribution is -0.118. The number of aryl methyl sites for hydroxylation is 1. The quantitative estimate of drug-likeness (QED) is 0.491. The van der Waals surface area contributed by atoms with Crippen molar-refractivity contribution in [1.29, 1.82) is 0 Å². The summed E-state index contributed by atoms with van der Waals surface area (Å²) in [5, 5.41) is 6.25. The molecule has 0 atom stereocenters. The van der Waals surface area contributed by atoms with Gasteiger partial charge in [-0.25, -0.2) is 18.3 Å². The number of hydrogen-bond donors (Lipinski definition) is 2. The number of halogens is 3. The molecule has 1 heterocycles. The van der Waals surface area contributed by atoms with Crippen molar-refractivity contribution in [2.75, 3.05) is 5.32 Å². The Morgan fingerprint density at radius 1 is 1.16 bits per heavy atom. The van der Waals surface area contributed by atoms with Crippen LogP contribution in [0.25, 0.3) is 0 Å². The molecule has 0 saturated heterocycles. The van der Waals surface area contributed by atoms with Gasteiger partial charge in [0.2, 0.25) is 5.91 Å². The van der Waals surface area contributed by atoms with E-state index >= 15 is 0 Å². The van der Waals surface area contributed by atoms with Crippen LogP contribution in [0.2, 0.25) is 5.02 Å². The number of nitrogens with two attached hydrogens (primary N) is 1. The fraction of sp³-hybridized carbons (Fsp3) is 0.400. The summed E-state index contributed by atoms with van der Waals surface area (Å²) < 4.78 is 33.5. The average Bonchev–Trinajstić information content (AvgIpc) is 3.12. The zero-order chi connectivity index (χ0) is 22.5. The maximum atomic E-state index is 13.5. The Morgan fingerprint density at radius 3 is 2.52 bits per heavy atom. The topological polar surface area (TPSA) is 116 Å². The van der Waals surface area contributed by atoms with Gasteiger partial charge in [-0.3, -0.25) is 9.59 Å². The predicted molar refractivity (Wildman–Crippen MR) is 108 cm³/mol. The zero-order valence-corrected chi connectivity index (χ0v) is 17.3. The summed E-state index contributed by atoms with van der Waals surface area (Å²) in [5.41, 5.74) is 4.79. The van der Waals surface area contributed by atoms with Crippen molar-refractivity contribution >= 4 is 35.2 Å². The Kier molecular flexibility index (Phi) is 7.21. The molecule has 1 aliphatic carbocycles. The van der Waals surface area contributed by atoms with E-state index in [9.17, 15) is 23.2 Å².